The minimum Gasteiger partial charge on any atom is -0.395 e. The molecule has 0 saturated heterocycles. The van der Waals surface area contributed by atoms with Crippen LogP contribution in [-0.2, 0) is 4.79 Å². The van der Waals surface area contributed by atoms with Crippen LogP contribution in [0.4, 0.5) is 0 Å². The molecule has 19 heavy (non-hydrogen) atoms. The third-order valence-corrected chi connectivity index (χ3v) is 3.14. The Morgan fingerprint density at radius 3 is 2.63 bits per heavy atom. The van der Waals surface area contributed by atoms with Crippen LogP contribution < -0.4 is 5.73 Å². The number of hydrogen-bond donors (Lipinski definition) is 2. The van der Waals surface area contributed by atoms with Crippen molar-refractivity contribution in [2.45, 2.75) is 13.0 Å². The SMILES string of the molecule is C=CCN(CCO)C(=O)C(C)C(N)c1ccccc1. The Morgan fingerprint density at radius 2 is 2.11 bits per heavy atom. The van der Waals surface area contributed by atoms with Gasteiger partial charge in [-0.05, 0) is 5.56 Å². The zero-order valence-electron chi connectivity index (χ0n) is 11.3. The molecule has 0 spiro atoms. The van der Waals surface area contributed by atoms with Crippen molar-refractivity contribution in [2.75, 3.05) is 19.7 Å². The van der Waals surface area contributed by atoms with E-state index in [1.165, 1.54) is 0 Å². The fraction of sp³-hybridized carbons (Fsp3) is 0.400. The Hall–Kier alpha value is -1.65. The molecule has 2 unspecified atom stereocenters. The van der Waals surface area contributed by atoms with Gasteiger partial charge in [-0.25, -0.2) is 0 Å². The standard InChI is InChI=1S/C15H22N2O2/c1-3-9-17(10-11-18)15(19)12(2)14(16)13-7-5-4-6-8-13/h3-8,12,14,18H,1,9-11,16H2,2H3. The molecule has 1 amide bonds. The zero-order valence-corrected chi connectivity index (χ0v) is 11.3. The first-order chi connectivity index (χ1) is 9.11. The zero-order chi connectivity index (χ0) is 14.3. The average molecular weight is 262 g/mol. The van der Waals surface area contributed by atoms with Crippen LogP contribution in [-0.4, -0.2) is 35.6 Å². The van der Waals surface area contributed by atoms with E-state index >= 15 is 0 Å². The van der Waals surface area contributed by atoms with Crippen molar-refractivity contribution in [1.29, 1.82) is 0 Å². The predicted octanol–water partition coefficient (Wildman–Crippen LogP) is 1.33. The molecule has 4 heteroatoms. The second-order valence-electron chi connectivity index (χ2n) is 4.52. The van der Waals surface area contributed by atoms with Crippen molar-refractivity contribution in [1.82, 2.24) is 4.90 Å². The summed E-state index contributed by atoms with van der Waals surface area (Å²) in [5, 5.41) is 8.99. The van der Waals surface area contributed by atoms with E-state index < -0.39 is 0 Å². The molecule has 3 N–H and O–H groups in total. The summed E-state index contributed by atoms with van der Waals surface area (Å²) >= 11 is 0. The first-order valence-electron chi connectivity index (χ1n) is 6.42. The maximum absolute atomic E-state index is 12.3. The summed E-state index contributed by atoms with van der Waals surface area (Å²) in [6.45, 7) is 6.10. The van der Waals surface area contributed by atoms with Gasteiger partial charge in [0, 0.05) is 19.1 Å². The smallest absolute Gasteiger partial charge is 0.227 e. The first-order valence-corrected chi connectivity index (χ1v) is 6.42. The second kappa shape index (κ2) is 7.71. The van der Waals surface area contributed by atoms with Crippen LogP contribution in [0.2, 0.25) is 0 Å². The van der Waals surface area contributed by atoms with Gasteiger partial charge >= 0.3 is 0 Å². The summed E-state index contributed by atoms with van der Waals surface area (Å²) in [5.74, 6) is -0.404. The summed E-state index contributed by atoms with van der Waals surface area (Å²) in [6.07, 6.45) is 1.65. The topological polar surface area (TPSA) is 66.6 Å². The maximum Gasteiger partial charge on any atom is 0.227 e. The van der Waals surface area contributed by atoms with Crippen molar-refractivity contribution < 1.29 is 9.90 Å². The lowest BCUT2D eigenvalue weighted by Crippen LogP contribution is -2.40. The van der Waals surface area contributed by atoms with Crippen LogP contribution in [0.3, 0.4) is 0 Å². The van der Waals surface area contributed by atoms with E-state index in [0.29, 0.717) is 13.1 Å². The molecule has 0 aliphatic rings. The molecule has 0 saturated carbocycles. The number of aliphatic hydroxyl groups is 1. The second-order valence-corrected chi connectivity index (χ2v) is 4.52. The van der Waals surface area contributed by atoms with E-state index in [4.69, 9.17) is 10.8 Å². The fourth-order valence-electron chi connectivity index (χ4n) is 1.97. The van der Waals surface area contributed by atoms with Gasteiger partial charge < -0.3 is 15.7 Å². The Labute approximate surface area is 114 Å². The molecule has 1 aromatic carbocycles. The normalized spacial score (nSPS) is 13.6. The van der Waals surface area contributed by atoms with E-state index in [-0.39, 0.29) is 24.5 Å². The quantitative estimate of drug-likeness (QED) is 0.728. The lowest BCUT2D eigenvalue weighted by atomic mass is 9.94. The average Bonchev–Trinajstić information content (AvgIpc) is 2.45. The van der Waals surface area contributed by atoms with Crippen LogP contribution in [0.15, 0.2) is 43.0 Å². The Balaban J connectivity index is 2.77. The summed E-state index contributed by atoms with van der Waals surface area (Å²) in [5.41, 5.74) is 7.07. The molecule has 0 fully saturated rings. The summed E-state index contributed by atoms with van der Waals surface area (Å²) in [4.78, 5) is 13.9. The molecule has 1 rings (SSSR count). The lowest BCUT2D eigenvalue weighted by Gasteiger charge is -2.27. The molecule has 0 heterocycles. The van der Waals surface area contributed by atoms with E-state index in [1.54, 1.807) is 11.0 Å². The molecule has 1 aromatic rings. The Kier molecular flexibility index (Phi) is 6.25. The number of hydrogen-bond acceptors (Lipinski definition) is 3. The molecule has 0 aliphatic carbocycles. The number of amides is 1. The van der Waals surface area contributed by atoms with Crippen molar-refractivity contribution >= 4 is 5.91 Å². The largest absolute Gasteiger partial charge is 0.395 e. The van der Waals surface area contributed by atoms with Gasteiger partial charge in [-0.3, -0.25) is 4.79 Å². The van der Waals surface area contributed by atoms with Gasteiger partial charge in [0.25, 0.3) is 0 Å². The molecule has 0 aliphatic heterocycles. The van der Waals surface area contributed by atoms with Crippen molar-refractivity contribution in [3.63, 3.8) is 0 Å². The highest BCUT2D eigenvalue weighted by atomic mass is 16.3. The van der Waals surface area contributed by atoms with Gasteiger partial charge in [-0.2, -0.15) is 0 Å². The van der Waals surface area contributed by atoms with Crippen molar-refractivity contribution in [3.8, 4) is 0 Å². The molecule has 0 bridgehead atoms. The third kappa shape index (κ3) is 4.19. The van der Waals surface area contributed by atoms with Gasteiger partial charge in [0.1, 0.15) is 0 Å². The van der Waals surface area contributed by atoms with Crippen LogP contribution in [0, 0.1) is 5.92 Å². The summed E-state index contributed by atoms with van der Waals surface area (Å²) in [6, 6.07) is 9.21. The molecule has 2 atom stereocenters. The minimum absolute atomic E-state index is 0.0626. The highest BCUT2D eigenvalue weighted by Crippen LogP contribution is 2.20. The first kappa shape index (κ1) is 15.4. The van der Waals surface area contributed by atoms with Crippen LogP contribution in [0.1, 0.15) is 18.5 Å². The van der Waals surface area contributed by atoms with Gasteiger partial charge in [0.15, 0.2) is 0 Å². The monoisotopic (exact) mass is 262 g/mol. The highest BCUT2D eigenvalue weighted by Gasteiger charge is 2.25. The van der Waals surface area contributed by atoms with Crippen molar-refractivity contribution in [3.05, 3.63) is 48.6 Å². The van der Waals surface area contributed by atoms with Gasteiger partial charge in [0.05, 0.1) is 12.5 Å². The van der Waals surface area contributed by atoms with Crippen LogP contribution >= 0.6 is 0 Å². The maximum atomic E-state index is 12.3. The highest BCUT2D eigenvalue weighted by molar-refractivity contribution is 5.79. The van der Waals surface area contributed by atoms with Crippen LogP contribution in [0.5, 0.6) is 0 Å². The van der Waals surface area contributed by atoms with E-state index in [9.17, 15) is 4.79 Å². The molecule has 104 valence electrons. The minimum atomic E-state index is -0.347. The number of nitrogens with zero attached hydrogens (tertiary/aromatic N) is 1. The number of nitrogens with two attached hydrogens (primary N) is 1. The summed E-state index contributed by atoms with van der Waals surface area (Å²) in [7, 11) is 0. The molecular weight excluding hydrogens is 240 g/mol. The van der Waals surface area contributed by atoms with Gasteiger partial charge in [0.2, 0.25) is 5.91 Å². The van der Waals surface area contributed by atoms with Gasteiger partial charge in [-0.15, -0.1) is 6.58 Å². The number of rotatable bonds is 7. The Morgan fingerprint density at radius 1 is 1.47 bits per heavy atom. The third-order valence-electron chi connectivity index (χ3n) is 3.14. The molecular formula is C15H22N2O2. The molecule has 4 nitrogen and oxygen atoms in total. The number of aliphatic hydroxyl groups excluding tert-OH is 1. The van der Waals surface area contributed by atoms with Crippen molar-refractivity contribution in [2.24, 2.45) is 11.7 Å². The van der Waals surface area contributed by atoms with Crippen LogP contribution in [0.25, 0.3) is 0 Å². The van der Waals surface area contributed by atoms with E-state index in [0.717, 1.165) is 5.56 Å². The summed E-state index contributed by atoms with van der Waals surface area (Å²) < 4.78 is 0. The van der Waals surface area contributed by atoms with E-state index in [1.807, 2.05) is 37.3 Å². The Bertz CT molecular complexity index is 406. The molecule has 0 radical (unpaired) electrons. The fourth-order valence-corrected chi connectivity index (χ4v) is 1.97. The van der Waals surface area contributed by atoms with E-state index in [2.05, 4.69) is 6.58 Å². The number of benzene rings is 1. The number of carbonyl (C=O) groups is 1. The van der Waals surface area contributed by atoms with Gasteiger partial charge in [-0.1, -0.05) is 43.3 Å². The predicted molar refractivity (Wildman–Crippen MR) is 76.4 cm³/mol. The lowest BCUT2D eigenvalue weighted by molar-refractivity contribution is -0.135. The molecule has 0 aromatic heterocycles. The number of carbonyl (C=O) groups excluding carboxylic acids is 1.